The topological polar surface area (TPSA) is 41.6 Å². The normalized spacial score (nSPS) is 13.4. The van der Waals surface area contributed by atoms with E-state index in [1.165, 1.54) is 0 Å². The van der Waals surface area contributed by atoms with Crippen molar-refractivity contribution in [1.82, 2.24) is 4.90 Å². The molecule has 0 unspecified atom stereocenters. The molecule has 78 valence electrons. The average molecular weight is 185 g/mol. The number of amidine groups is 1. The predicted molar refractivity (Wildman–Crippen MR) is 59.1 cm³/mol. The SMILES string of the molecule is CC(C)C(N)=NCCN(C)C(C)C. The fraction of sp³-hybridized carbons (Fsp3) is 0.900. The number of nitrogens with zero attached hydrogens (tertiary/aromatic N) is 2. The van der Waals surface area contributed by atoms with Crippen molar-refractivity contribution >= 4 is 5.84 Å². The highest BCUT2D eigenvalue weighted by atomic mass is 15.1. The Bertz CT molecular complexity index is 162. The Hall–Kier alpha value is -0.570. The van der Waals surface area contributed by atoms with Crippen LogP contribution in [0, 0.1) is 5.92 Å². The number of rotatable bonds is 5. The maximum Gasteiger partial charge on any atom is 0.0963 e. The molecule has 0 aliphatic rings. The third-order valence-corrected chi connectivity index (χ3v) is 2.22. The molecular weight excluding hydrogens is 162 g/mol. The predicted octanol–water partition coefficient (Wildman–Crippen LogP) is 1.34. The first-order chi connectivity index (χ1) is 5.95. The van der Waals surface area contributed by atoms with Gasteiger partial charge < -0.3 is 10.6 Å². The van der Waals surface area contributed by atoms with E-state index in [4.69, 9.17) is 5.73 Å². The van der Waals surface area contributed by atoms with Crippen LogP contribution >= 0.6 is 0 Å². The molecule has 0 bridgehead atoms. The maximum absolute atomic E-state index is 5.71. The van der Waals surface area contributed by atoms with E-state index in [-0.39, 0.29) is 0 Å². The van der Waals surface area contributed by atoms with E-state index in [1.807, 2.05) is 0 Å². The number of hydrogen-bond acceptors (Lipinski definition) is 2. The van der Waals surface area contributed by atoms with Crippen molar-refractivity contribution < 1.29 is 0 Å². The molecule has 0 amide bonds. The second-order valence-corrected chi connectivity index (χ2v) is 4.04. The van der Waals surface area contributed by atoms with Gasteiger partial charge in [0.25, 0.3) is 0 Å². The molecule has 0 saturated heterocycles. The lowest BCUT2D eigenvalue weighted by Crippen LogP contribution is -2.29. The molecule has 0 aromatic rings. The second kappa shape index (κ2) is 5.97. The third kappa shape index (κ3) is 5.64. The summed E-state index contributed by atoms with van der Waals surface area (Å²) in [6, 6.07) is 0.579. The van der Waals surface area contributed by atoms with Crippen molar-refractivity contribution in [3.8, 4) is 0 Å². The quantitative estimate of drug-likeness (QED) is 0.519. The van der Waals surface area contributed by atoms with Gasteiger partial charge in [-0.3, -0.25) is 4.99 Å². The van der Waals surface area contributed by atoms with Crippen LogP contribution in [0.3, 0.4) is 0 Å². The van der Waals surface area contributed by atoms with E-state index >= 15 is 0 Å². The Kier molecular flexibility index (Phi) is 5.71. The zero-order valence-electron chi connectivity index (χ0n) is 9.54. The van der Waals surface area contributed by atoms with Crippen LogP contribution < -0.4 is 5.73 Å². The molecule has 0 aromatic carbocycles. The molecule has 3 heteroatoms. The standard InChI is InChI=1S/C10H23N3/c1-8(2)10(11)12-6-7-13(5)9(3)4/h8-9H,6-7H2,1-5H3,(H2,11,12). The highest BCUT2D eigenvalue weighted by molar-refractivity contribution is 5.82. The van der Waals surface area contributed by atoms with Crippen LogP contribution in [0.2, 0.25) is 0 Å². The van der Waals surface area contributed by atoms with Gasteiger partial charge in [-0.1, -0.05) is 13.8 Å². The Balaban J connectivity index is 3.72. The lowest BCUT2D eigenvalue weighted by Gasteiger charge is -2.19. The summed E-state index contributed by atoms with van der Waals surface area (Å²) in [4.78, 5) is 6.56. The van der Waals surface area contributed by atoms with Gasteiger partial charge in [-0.25, -0.2) is 0 Å². The van der Waals surface area contributed by atoms with E-state index in [2.05, 4.69) is 44.6 Å². The summed E-state index contributed by atoms with van der Waals surface area (Å²) < 4.78 is 0. The van der Waals surface area contributed by atoms with Crippen molar-refractivity contribution in [3.05, 3.63) is 0 Å². The largest absolute Gasteiger partial charge is 0.387 e. The van der Waals surface area contributed by atoms with Gasteiger partial charge >= 0.3 is 0 Å². The fourth-order valence-corrected chi connectivity index (χ4v) is 0.778. The zero-order valence-corrected chi connectivity index (χ0v) is 9.54. The van der Waals surface area contributed by atoms with E-state index in [1.54, 1.807) is 0 Å². The molecule has 0 aliphatic heterocycles. The molecule has 0 spiro atoms. The van der Waals surface area contributed by atoms with Crippen molar-refractivity contribution in [3.63, 3.8) is 0 Å². The summed E-state index contributed by atoms with van der Waals surface area (Å²) in [5.74, 6) is 1.13. The number of aliphatic imine (C=N–C) groups is 1. The molecule has 0 radical (unpaired) electrons. The Morgan fingerprint density at radius 1 is 1.31 bits per heavy atom. The summed E-state index contributed by atoms with van der Waals surface area (Å²) in [5, 5.41) is 0. The molecular formula is C10H23N3. The van der Waals surface area contributed by atoms with Crippen LogP contribution in [0.5, 0.6) is 0 Å². The minimum absolute atomic E-state index is 0.365. The van der Waals surface area contributed by atoms with Crippen molar-refractivity contribution in [2.24, 2.45) is 16.6 Å². The molecule has 3 nitrogen and oxygen atoms in total. The molecule has 13 heavy (non-hydrogen) atoms. The molecule has 2 N–H and O–H groups in total. The van der Waals surface area contributed by atoms with Crippen LogP contribution in [-0.2, 0) is 0 Å². The number of likely N-dealkylation sites (N-methyl/N-ethyl adjacent to an activating group) is 1. The number of nitrogens with two attached hydrogens (primary N) is 1. The van der Waals surface area contributed by atoms with Crippen molar-refractivity contribution in [2.75, 3.05) is 20.1 Å². The summed E-state index contributed by atoms with van der Waals surface area (Å²) in [6.45, 7) is 10.3. The van der Waals surface area contributed by atoms with Crippen molar-refractivity contribution in [2.45, 2.75) is 33.7 Å². The van der Waals surface area contributed by atoms with Gasteiger partial charge in [0, 0.05) is 18.5 Å². The van der Waals surface area contributed by atoms with Crippen LogP contribution in [0.15, 0.2) is 4.99 Å². The molecule has 0 rings (SSSR count). The molecule has 0 aliphatic carbocycles. The third-order valence-electron chi connectivity index (χ3n) is 2.22. The second-order valence-electron chi connectivity index (χ2n) is 4.04. The first-order valence-corrected chi connectivity index (χ1v) is 4.95. The van der Waals surface area contributed by atoms with Gasteiger partial charge in [-0.05, 0) is 20.9 Å². The summed E-state index contributed by atoms with van der Waals surface area (Å²) >= 11 is 0. The highest BCUT2D eigenvalue weighted by Gasteiger charge is 2.02. The Morgan fingerprint density at radius 3 is 2.23 bits per heavy atom. The minimum atomic E-state index is 0.365. The lowest BCUT2D eigenvalue weighted by atomic mass is 10.2. The van der Waals surface area contributed by atoms with E-state index < -0.39 is 0 Å². The Labute approximate surface area is 82.0 Å². The Morgan fingerprint density at radius 2 is 1.85 bits per heavy atom. The van der Waals surface area contributed by atoms with E-state index in [0.717, 1.165) is 18.9 Å². The molecule has 0 atom stereocenters. The van der Waals surface area contributed by atoms with Gasteiger partial charge in [0.15, 0.2) is 0 Å². The zero-order chi connectivity index (χ0) is 10.4. The maximum atomic E-state index is 5.71. The van der Waals surface area contributed by atoms with E-state index in [0.29, 0.717) is 12.0 Å². The highest BCUT2D eigenvalue weighted by Crippen LogP contribution is 1.94. The molecule has 0 fully saturated rings. The fourth-order valence-electron chi connectivity index (χ4n) is 0.778. The lowest BCUT2D eigenvalue weighted by molar-refractivity contribution is 0.282. The summed E-state index contributed by atoms with van der Waals surface area (Å²) in [5.41, 5.74) is 5.71. The smallest absolute Gasteiger partial charge is 0.0963 e. The monoisotopic (exact) mass is 185 g/mol. The first kappa shape index (κ1) is 12.4. The summed E-state index contributed by atoms with van der Waals surface area (Å²) in [6.07, 6.45) is 0. The van der Waals surface area contributed by atoms with Crippen LogP contribution in [0.1, 0.15) is 27.7 Å². The number of hydrogen-bond donors (Lipinski definition) is 1. The van der Waals surface area contributed by atoms with Gasteiger partial charge in [-0.2, -0.15) is 0 Å². The van der Waals surface area contributed by atoms with Gasteiger partial charge in [0.1, 0.15) is 0 Å². The summed E-state index contributed by atoms with van der Waals surface area (Å²) in [7, 11) is 2.10. The molecule has 0 aromatic heterocycles. The first-order valence-electron chi connectivity index (χ1n) is 4.95. The van der Waals surface area contributed by atoms with E-state index in [9.17, 15) is 0 Å². The van der Waals surface area contributed by atoms with Crippen LogP contribution in [0.25, 0.3) is 0 Å². The van der Waals surface area contributed by atoms with Crippen LogP contribution in [-0.4, -0.2) is 36.9 Å². The average Bonchev–Trinajstić information content (AvgIpc) is 2.03. The minimum Gasteiger partial charge on any atom is -0.387 e. The molecule has 0 heterocycles. The van der Waals surface area contributed by atoms with Gasteiger partial charge in [0.05, 0.1) is 12.4 Å². The van der Waals surface area contributed by atoms with Gasteiger partial charge in [0.2, 0.25) is 0 Å². The van der Waals surface area contributed by atoms with Crippen LogP contribution in [0.4, 0.5) is 0 Å². The van der Waals surface area contributed by atoms with Gasteiger partial charge in [-0.15, -0.1) is 0 Å². The molecule has 0 saturated carbocycles. The van der Waals surface area contributed by atoms with Crippen molar-refractivity contribution in [1.29, 1.82) is 0 Å².